The van der Waals surface area contributed by atoms with E-state index < -0.39 is 0 Å². The highest BCUT2D eigenvalue weighted by molar-refractivity contribution is 5.90. The van der Waals surface area contributed by atoms with Gasteiger partial charge in [0.15, 0.2) is 0 Å². The van der Waals surface area contributed by atoms with Gasteiger partial charge in [-0.15, -0.1) is 0 Å². The molecule has 0 bridgehead atoms. The van der Waals surface area contributed by atoms with E-state index in [0.29, 0.717) is 38.8 Å². The van der Waals surface area contributed by atoms with E-state index in [9.17, 15) is 9.59 Å². The van der Waals surface area contributed by atoms with Crippen molar-refractivity contribution in [2.24, 2.45) is 11.8 Å². The van der Waals surface area contributed by atoms with Crippen molar-refractivity contribution in [2.45, 2.75) is 18.9 Å². The fourth-order valence-electron chi connectivity index (χ4n) is 2.95. The molecule has 0 N–H and O–H groups in total. The summed E-state index contributed by atoms with van der Waals surface area (Å²) in [4.78, 5) is 27.5. The number of carbonyl (C=O) groups excluding carboxylic acids is 2. The van der Waals surface area contributed by atoms with Crippen LogP contribution in [0.2, 0.25) is 0 Å². The summed E-state index contributed by atoms with van der Waals surface area (Å²) in [7, 11) is 0. The topological polar surface area (TPSA) is 49.9 Å². The molecular weight excluding hydrogens is 244 g/mol. The molecule has 2 aliphatic heterocycles. The van der Waals surface area contributed by atoms with E-state index in [1.54, 1.807) is 4.90 Å². The minimum atomic E-state index is -0.0789. The molecule has 19 heavy (non-hydrogen) atoms. The molecule has 3 aliphatic rings. The van der Waals surface area contributed by atoms with Crippen LogP contribution >= 0.6 is 0 Å². The molecule has 0 aromatic carbocycles. The van der Waals surface area contributed by atoms with Crippen molar-refractivity contribution in [1.29, 1.82) is 0 Å². The molecule has 0 spiro atoms. The summed E-state index contributed by atoms with van der Waals surface area (Å²) < 4.78 is 5.50. The summed E-state index contributed by atoms with van der Waals surface area (Å²) >= 11 is 0. The van der Waals surface area contributed by atoms with Gasteiger partial charge in [0.25, 0.3) is 0 Å². The van der Waals surface area contributed by atoms with Crippen LogP contribution in [-0.4, -0.2) is 60.5 Å². The first-order chi connectivity index (χ1) is 9.20. The zero-order valence-corrected chi connectivity index (χ0v) is 11.1. The number of amides is 2. The van der Waals surface area contributed by atoms with Gasteiger partial charge in [0.05, 0.1) is 25.2 Å². The average Bonchev–Trinajstić information content (AvgIpc) is 3.20. The van der Waals surface area contributed by atoms with Crippen LogP contribution < -0.4 is 0 Å². The Morgan fingerprint density at radius 3 is 2.63 bits per heavy atom. The summed E-state index contributed by atoms with van der Waals surface area (Å²) in [6.45, 7) is 6.56. The number of likely N-dealkylation sites (tertiary alicyclic amines) is 1. The van der Waals surface area contributed by atoms with E-state index in [4.69, 9.17) is 4.74 Å². The Kier molecular flexibility index (Phi) is 3.31. The molecule has 0 radical (unpaired) electrons. The van der Waals surface area contributed by atoms with E-state index >= 15 is 0 Å². The van der Waals surface area contributed by atoms with Gasteiger partial charge in [0.2, 0.25) is 11.8 Å². The molecule has 2 heterocycles. The molecule has 2 saturated heterocycles. The van der Waals surface area contributed by atoms with Crippen molar-refractivity contribution in [1.82, 2.24) is 9.80 Å². The predicted octanol–water partition coefficient (Wildman–Crippen LogP) is 0.268. The van der Waals surface area contributed by atoms with Gasteiger partial charge in [-0.05, 0) is 24.8 Å². The van der Waals surface area contributed by atoms with Crippen molar-refractivity contribution in [2.75, 3.05) is 32.8 Å². The summed E-state index contributed by atoms with van der Waals surface area (Å²) in [5.41, 5.74) is 0. The van der Waals surface area contributed by atoms with Crippen LogP contribution in [0.5, 0.6) is 0 Å². The van der Waals surface area contributed by atoms with Gasteiger partial charge in [-0.25, -0.2) is 0 Å². The lowest BCUT2D eigenvalue weighted by atomic mass is 9.96. The standard InChI is InChI=1S/C14H20N2O3/c1-2-13(17)15-7-11(8-15)14(18)16-5-6-19-9-12(16)10-3-4-10/h2,10-12H,1,3-9H2. The second-order valence-electron chi connectivity index (χ2n) is 5.66. The first kappa shape index (κ1) is 12.7. The van der Waals surface area contributed by atoms with E-state index in [-0.39, 0.29) is 23.8 Å². The third-order valence-electron chi connectivity index (χ3n) is 4.33. The number of nitrogens with zero attached hydrogens (tertiary/aromatic N) is 2. The molecule has 0 aromatic rings. The number of hydrogen-bond acceptors (Lipinski definition) is 3. The minimum Gasteiger partial charge on any atom is -0.377 e. The molecule has 0 aromatic heterocycles. The number of ether oxygens (including phenoxy) is 1. The lowest BCUT2D eigenvalue weighted by molar-refractivity contribution is -0.153. The van der Waals surface area contributed by atoms with Gasteiger partial charge in [-0.2, -0.15) is 0 Å². The highest BCUT2D eigenvalue weighted by atomic mass is 16.5. The maximum atomic E-state index is 12.5. The number of rotatable bonds is 3. The van der Waals surface area contributed by atoms with Gasteiger partial charge in [-0.3, -0.25) is 9.59 Å². The van der Waals surface area contributed by atoms with E-state index in [1.807, 2.05) is 4.90 Å². The highest BCUT2D eigenvalue weighted by Crippen LogP contribution is 2.37. The van der Waals surface area contributed by atoms with Gasteiger partial charge >= 0.3 is 0 Å². The maximum Gasteiger partial charge on any atom is 0.246 e. The molecule has 5 heteroatoms. The first-order valence-corrected chi connectivity index (χ1v) is 7.00. The predicted molar refractivity (Wildman–Crippen MR) is 69.3 cm³/mol. The quantitative estimate of drug-likeness (QED) is 0.687. The molecule has 1 atom stereocenters. The van der Waals surface area contributed by atoms with Crippen LogP contribution in [0, 0.1) is 11.8 Å². The van der Waals surface area contributed by atoms with Gasteiger partial charge < -0.3 is 14.5 Å². The second-order valence-corrected chi connectivity index (χ2v) is 5.66. The van der Waals surface area contributed by atoms with Crippen LogP contribution in [-0.2, 0) is 14.3 Å². The Balaban J connectivity index is 1.58. The molecule has 1 saturated carbocycles. The highest BCUT2D eigenvalue weighted by Gasteiger charge is 2.44. The van der Waals surface area contributed by atoms with E-state index in [0.717, 1.165) is 0 Å². The van der Waals surface area contributed by atoms with E-state index in [1.165, 1.54) is 18.9 Å². The largest absolute Gasteiger partial charge is 0.377 e. The van der Waals surface area contributed by atoms with Crippen molar-refractivity contribution in [3.05, 3.63) is 12.7 Å². The smallest absolute Gasteiger partial charge is 0.246 e. The fourth-order valence-corrected chi connectivity index (χ4v) is 2.95. The first-order valence-electron chi connectivity index (χ1n) is 7.00. The zero-order chi connectivity index (χ0) is 13.4. The summed E-state index contributed by atoms with van der Waals surface area (Å²) in [6.07, 6.45) is 3.73. The molecule has 3 rings (SSSR count). The molecule has 1 unspecified atom stereocenters. The summed E-state index contributed by atoms with van der Waals surface area (Å²) in [5, 5.41) is 0. The van der Waals surface area contributed by atoms with Crippen molar-refractivity contribution in [3.63, 3.8) is 0 Å². The lowest BCUT2D eigenvalue weighted by Gasteiger charge is -2.43. The lowest BCUT2D eigenvalue weighted by Crippen LogP contribution is -2.60. The Hall–Kier alpha value is -1.36. The number of carbonyl (C=O) groups is 2. The number of hydrogen-bond donors (Lipinski definition) is 0. The number of morpholine rings is 1. The van der Waals surface area contributed by atoms with Crippen molar-refractivity contribution >= 4 is 11.8 Å². The second kappa shape index (κ2) is 4.96. The fraction of sp³-hybridized carbons (Fsp3) is 0.714. The normalized spacial score (nSPS) is 27.9. The monoisotopic (exact) mass is 264 g/mol. The third-order valence-corrected chi connectivity index (χ3v) is 4.33. The summed E-state index contributed by atoms with van der Waals surface area (Å²) in [6, 6.07) is 0.269. The van der Waals surface area contributed by atoms with Crippen LogP contribution in [0.1, 0.15) is 12.8 Å². The maximum absolute atomic E-state index is 12.5. The molecule has 5 nitrogen and oxygen atoms in total. The Labute approximate surface area is 113 Å². The van der Waals surface area contributed by atoms with Gasteiger partial charge in [-0.1, -0.05) is 6.58 Å². The molecular formula is C14H20N2O3. The van der Waals surface area contributed by atoms with Crippen LogP contribution in [0.15, 0.2) is 12.7 Å². The van der Waals surface area contributed by atoms with Crippen molar-refractivity contribution in [3.8, 4) is 0 Å². The van der Waals surface area contributed by atoms with Crippen molar-refractivity contribution < 1.29 is 14.3 Å². The molecule has 104 valence electrons. The Bertz CT molecular complexity index is 399. The SMILES string of the molecule is C=CC(=O)N1CC(C(=O)N2CCOCC2C2CC2)C1. The third kappa shape index (κ3) is 2.39. The molecule has 3 fully saturated rings. The molecule has 1 aliphatic carbocycles. The van der Waals surface area contributed by atoms with Crippen LogP contribution in [0.3, 0.4) is 0 Å². The van der Waals surface area contributed by atoms with Crippen LogP contribution in [0.25, 0.3) is 0 Å². The Morgan fingerprint density at radius 2 is 2.00 bits per heavy atom. The average molecular weight is 264 g/mol. The molecule has 2 amide bonds. The van der Waals surface area contributed by atoms with Gasteiger partial charge in [0.1, 0.15) is 0 Å². The summed E-state index contributed by atoms with van der Waals surface area (Å²) in [5.74, 6) is 0.733. The van der Waals surface area contributed by atoms with Crippen LogP contribution in [0.4, 0.5) is 0 Å². The Morgan fingerprint density at radius 1 is 1.26 bits per heavy atom. The zero-order valence-electron chi connectivity index (χ0n) is 11.1. The van der Waals surface area contributed by atoms with Gasteiger partial charge in [0, 0.05) is 19.6 Å². The van der Waals surface area contributed by atoms with E-state index in [2.05, 4.69) is 6.58 Å². The minimum absolute atomic E-state index is 0.0248.